The van der Waals surface area contributed by atoms with E-state index in [-0.39, 0.29) is 22.8 Å². The van der Waals surface area contributed by atoms with E-state index in [0.717, 1.165) is 5.56 Å². The molecule has 1 aliphatic heterocycles. The summed E-state index contributed by atoms with van der Waals surface area (Å²) in [7, 11) is -3.94. The van der Waals surface area contributed by atoms with Gasteiger partial charge in [-0.2, -0.15) is 8.42 Å². The van der Waals surface area contributed by atoms with Crippen LogP contribution in [0.5, 0.6) is 5.75 Å². The third-order valence-electron chi connectivity index (χ3n) is 3.63. The fourth-order valence-electron chi connectivity index (χ4n) is 2.25. The fourth-order valence-corrected chi connectivity index (χ4v) is 3.18. The molecular weight excluding hydrogens is 360 g/mol. The van der Waals surface area contributed by atoms with Gasteiger partial charge < -0.3 is 18.4 Å². The largest absolute Gasteiger partial charge is 0.430 e. The molecule has 0 N–H and O–H groups in total. The quantitative estimate of drug-likeness (QED) is 0.583. The number of hydrogen-bond donors (Lipinski definition) is 0. The highest BCUT2D eigenvalue weighted by Gasteiger charge is 2.20. The molecule has 1 atom stereocenters. The molecule has 1 fully saturated rings. The molecule has 0 amide bonds. The zero-order valence-electron chi connectivity index (χ0n) is 14.1. The SMILES string of the molecule is Cc1ccc(S(=O)(=O)Oc2ccc(C(=O)OC3COCCO3)cc2)cc1. The van der Waals surface area contributed by atoms with Gasteiger partial charge in [-0.25, -0.2) is 4.79 Å². The van der Waals surface area contributed by atoms with Crippen molar-refractivity contribution >= 4 is 16.1 Å². The van der Waals surface area contributed by atoms with E-state index >= 15 is 0 Å². The Morgan fingerprint density at radius 3 is 2.35 bits per heavy atom. The molecule has 1 saturated heterocycles. The predicted molar refractivity (Wildman–Crippen MR) is 91.4 cm³/mol. The molecule has 7 nitrogen and oxygen atoms in total. The number of aryl methyl sites for hydroxylation is 1. The number of carbonyl (C=O) groups excluding carboxylic acids is 1. The molecule has 0 radical (unpaired) electrons. The summed E-state index contributed by atoms with van der Waals surface area (Å²) >= 11 is 0. The van der Waals surface area contributed by atoms with Crippen molar-refractivity contribution < 1.29 is 31.6 Å². The van der Waals surface area contributed by atoms with E-state index in [1.165, 1.54) is 36.4 Å². The Balaban J connectivity index is 1.65. The summed E-state index contributed by atoms with van der Waals surface area (Å²) < 4.78 is 45.1. The maximum absolute atomic E-state index is 12.3. The van der Waals surface area contributed by atoms with E-state index in [9.17, 15) is 13.2 Å². The normalized spacial score (nSPS) is 17.5. The fraction of sp³-hybridized carbons (Fsp3) is 0.278. The lowest BCUT2D eigenvalue weighted by Crippen LogP contribution is -2.32. The first-order chi connectivity index (χ1) is 12.4. The van der Waals surface area contributed by atoms with Gasteiger partial charge in [-0.1, -0.05) is 17.7 Å². The Morgan fingerprint density at radius 1 is 1.04 bits per heavy atom. The van der Waals surface area contributed by atoms with Crippen LogP contribution in [0.25, 0.3) is 0 Å². The van der Waals surface area contributed by atoms with Crippen molar-refractivity contribution in [3.05, 3.63) is 59.7 Å². The molecule has 3 rings (SSSR count). The zero-order valence-corrected chi connectivity index (χ0v) is 14.9. The van der Waals surface area contributed by atoms with Gasteiger partial charge in [0.15, 0.2) is 0 Å². The van der Waals surface area contributed by atoms with Crippen LogP contribution in [-0.4, -0.2) is 40.5 Å². The molecule has 0 bridgehead atoms. The minimum absolute atomic E-state index is 0.0565. The van der Waals surface area contributed by atoms with E-state index in [0.29, 0.717) is 13.2 Å². The molecule has 0 aromatic heterocycles. The molecule has 1 unspecified atom stereocenters. The summed E-state index contributed by atoms with van der Waals surface area (Å²) in [4.78, 5) is 12.1. The number of rotatable bonds is 5. The Hall–Kier alpha value is -2.42. The average Bonchev–Trinajstić information content (AvgIpc) is 2.63. The van der Waals surface area contributed by atoms with Gasteiger partial charge in [0.2, 0.25) is 6.29 Å². The van der Waals surface area contributed by atoms with Crippen LogP contribution >= 0.6 is 0 Å². The Bertz CT molecular complexity index is 851. The van der Waals surface area contributed by atoms with Crippen LogP contribution in [0.2, 0.25) is 0 Å². The van der Waals surface area contributed by atoms with Crippen molar-refractivity contribution in [2.45, 2.75) is 18.1 Å². The standard InChI is InChI=1S/C18H18O7S/c1-13-2-8-16(9-3-13)26(20,21)25-15-6-4-14(5-7-15)18(19)24-17-12-22-10-11-23-17/h2-9,17H,10-12H2,1H3. The van der Waals surface area contributed by atoms with E-state index < -0.39 is 22.4 Å². The first kappa shape index (κ1) is 18.4. The summed E-state index contributed by atoms with van der Waals surface area (Å²) in [5.41, 5.74) is 1.19. The van der Waals surface area contributed by atoms with Gasteiger partial charge in [-0.15, -0.1) is 0 Å². The van der Waals surface area contributed by atoms with Crippen molar-refractivity contribution in [2.24, 2.45) is 0 Å². The zero-order chi connectivity index (χ0) is 18.6. The van der Waals surface area contributed by atoms with Crippen molar-refractivity contribution in [1.82, 2.24) is 0 Å². The number of benzene rings is 2. The molecule has 1 heterocycles. The van der Waals surface area contributed by atoms with E-state index in [2.05, 4.69) is 0 Å². The van der Waals surface area contributed by atoms with Crippen molar-refractivity contribution in [1.29, 1.82) is 0 Å². The number of hydrogen-bond acceptors (Lipinski definition) is 7. The highest BCUT2D eigenvalue weighted by molar-refractivity contribution is 7.87. The number of esters is 1. The molecule has 26 heavy (non-hydrogen) atoms. The van der Waals surface area contributed by atoms with E-state index in [1.807, 2.05) is 6.92 Å². The van der Waals surface area contributed by atoms with Crippen molar-refractivity contribution in [2.75, 3.05) is 19.8 Å². The number of ether oxygens (including phenoxy) is 3. The van der Waals surface area contributed by atoms with Crippen LogP contribution in [0.15, 0.2) is 53.4 Å². The van der Waals surface area contributed by atoms with Gasteiger partial charge >= 0.3 is 16.1 Å². The first-order valence-corrected chi connectivity index (χ1v) is 9.36. The summed E-state index contributed by atoms with van der Waals surface area (Å²) in [5.74, 6) is -0.493. The lowest BCUT2D eigenvalue weighted by Gasteiger charge is -2.22. The van der Waals surface area contributed by atoms with Gasteiger partial charge in [-0.3, -0.25) is 0 Å². The molecule has 2 aromatic carbocycles. The van der Waals surface area contributed by atoms with Crippen molar-refractivity contribution in [3.8, 4) is 5.75 Å². The van der Waals surface area contributed by atoms with Crippen LogP contribution < -0.4 is 4.18 Å². The van der Waals surface area contributed by atoms with Gasteiger partial charge in [0.1, 0.15) is 17.3 Å². The minimum Gasteiger partial charge on any atom is -0.430 e. The second-order valence-electron chi connectivity index (χ2n) is 5.66. The van der Waals surface area contributed by atoms with Gasteiger partial charge in [-0.05, 0) is 43.3 Å². The van der Waals surface area contributed by atoms with Crippen LogP contribution in [0, 0.1) is 6.92 Å². The lowest BCUT2D eigenvalue weighted by molar-refractivity contribution is -0.186. The highest BCUT2D eigenvalue weighted by Crippen LogP contribution is 2.20. The summed E-state index contributed by atoms with van der Waals surface area (Å²) in [6, 6.07) is 11.9. The molecule has 0 saturated carbocycles. The molecule has 1 aliphatic rings. The van der Waals surface area contributed by atoms with Gasteiger partial charge in [0.05, 0.1) is 18.8 Å². The predicted octanol–water partition coefficient (Wildman–Crippen LogP) is 2.29. The van der Waals surface area contributed by atoms with E-state index in [4.69, 9.17) is 18.4 Å². The van der Waals surface area contributed by atoms with Gasteiger partial charge in [0.25, 0.3) is 0 Å². The molecule has 0 aliphatic carbocycles. The average molecular weight is 378 g/mol. The Morgan fingerprint density at radius 2 is 1.73 bits per heavy atom. The van der Waals surface area contributed by atoms with Crippen LogP contribution in [0.3, 0.4) is 0 Å². The second-order valence-corrected chi connectivity index (χ2v) is 7.20. The first-order valence-electron chi connectivity index (χ1n) is 7.95. The second kappa shape index (κ2) is 7.86. The molecule has 138 valence electrons. The molecular formula is C18H18O7S. The van der Waals surface area contributed by atoms with Crippen LogP contribution in [0.4, 0.5) is 0 Å². The lowest BCUT2D eigenvalue weighted by atomic mass is 10.2. The van der Waals surface area contributed by atoms with Crippen LogP contribution in [0.1, 0.15) is 15.9 Å². The Labute approximate surface area is 151 Å². The third-order valence-corrected chi connectivity index (χ3v) is 4.89. The summed E-state index contributed by atoms with van der Waals surface area (Å²) in [5, 5.41) is 0. The minimum atomic E-state index is -3.94. The molecule has 8 heteroatoms. The molecule has 2 aromatic rings. The summed E-state index contributed by atoms with van der Waals surface area (Å²) in [6.07, 6.45) is -0.742. The Kier molecular flexibility index (Phi) is 5.55. The van der Waals surface area contributed by atoms with E-state index in [1.54, 1.807) is 12.1 Å². The number of carbonyl (C=O) groups is 1. The smallest absolute Gasteiger partial charge is 0.340 e. The monoisotopic (exact) mass is 378 g/mol. The maximum atomic E-state index is 12.3. The molecule has 0 spiro atoms. The highest BCUT2D eigenvalue weighted by atomic mass is 32.2. The maximum Gasteiger partial charge on any atom is 0.340 e. The van der Waals surface area contributed by atoms with Gasteiger partial charge in [0, 0.05) is 0 Å². The topological polar surface area (TPSA) is 88.1 Å². The van der Waals surface area contributed by atoms with Crippen LogP contribution in [-0.2, 0) is 24.3 Å². The third kappa shape index (κ3) is 4.60. The summed E-state index contributed by atoms with van der Waals surface area (Å²) in [6.45, 7) is 2.87. The van der Waals surface area contributed by atoms with Crippen molar-refractivity contribution in [3.63, 3.8) is 0 Å².